The van der Waals surface area contributed by atoms with Crippen LogP contribution in [0, 0.1) is 0 Å². The Labute approximate surface area is 402 Å². The van der Waals surface area contributed by atoms with Crippen LogP contribution in [0.5, 0.6) is 0 Å². The number of carbonyl (C=O) groups is 3. The number of allylic oxidation sites excluding steroid dienone is 10. The van der Waals surface area contributed by atoms with Crippen LogP contribution in [0.1, 0.15) is 278 Å². The van der Waals surface area contributed by atoms with Gasteiger partial charge in [0.25, 0.3) is 0 Å². The smallest absolute Gasteiger partial charge is 0.306 e. The molecule has 0 fully saturated rings. The molecule has 0 spiro atoms. The zero-order chi connectivity index (χ0) is 47.2. The van der Waals surface area contributed by atoms with E-state index in [9.17, 15) is 14.4 Å². The lowest BCUT2D eigenvalue weighted by Crippen LogP contribution is -2.30. The first-order valence-corrected chi connectivity index (χ1v) is 27.8. The molecule has 0 aromatic heterocycles. The van der Waals surface area contributed by atoms with Crippen molar-refractivity contribution >= 4 is 17.9 Å². The maximum Gasteiger partial charge on any atom is 0.306 e. The van der Waals surface area contributed by atoms with E-state index in [4.69, 9.17) is 14.2 Å². The molecule has 0 aromatic rings. The summed E-state index contributed by atoms with van der Waals surface area (Å²) in [5.74, 6) is -0.906. The van der Waals surface area contributed by atoms with E-state index in [-0.39, 0.29) is 31.1 Å². The third-order valence-corrected chi connectivity index (χ3v) is 12.0. The van der Waals surface area contributed by atoms with Crippen LogP contribution in [0.15, 0.2) is 60.8 Å². The van der Waals surface area contributed by atoms with Gasteiger partial charge < -0.3 is 14.2 Å². The molecule has 0 bridgehead atoms. The van der Waals surface area contributed by atoms with Crippen LogP contribution in [0.2, 0.25) is 0 Å². The molecule has 65 heavy (non-hydrogen) atoms. The van der Waals surface area contributed by atoms with E-state index in [1.165, 1.54) is 135 Å². The van der Waals surface area contributed by atoms with Crippen LogP contribution in [0.4, 0.5) is 0 Å². The number of ether oxygens (including phenoxy) is 3. The lowest BCUT2D eigenvalue weighted by atomic mass is 10.0. The number of rotatable bonds is 50. The monoisotopic (exact) mass is 909 g/mol. The van der Waals surface area contributed by atoms with Gasteiger partial charge in [-0.1, -0.05) is 236 Å². The molecule has 0 saturated heterocycles. The summed E-state index contributed by atoms with van der Waals surface area (Å²) in [6, 6.07) is 0. The number of hydrogen-bond acceptors (Lipinski definition) is 6. The summed E-state index contributed by atoms with van der Waals surface area (Å²) in [5.41, 5.74) is 0. The van der Waals surface area contributed by atoms with Gasteiger partial charge in [-0.05, 0) is 83.5 Å². The highest BCUT2D eigenvalue weighted by Gasteiger charge is 2.19. The van der Waals surface area contributed by atoms with Crippen molar-refractivity contribution in [2.45, 2.75) is 284 Å². The fraction of sp³-hybridized carbons (Fsp3) is 0.780. The van der Waals surface area contributed by atoms with E-state index >= 15 is 0 Å². The molecule has 0 saturated carbocycles. The summed E-state index contributed by atoms with van der Waals surface area (Å²) in [7, 11) is 0. The molecule has 0 heterocycles. The number of hydrogen-bond donors (Lipinski definition) is 0. The Bertz CT molecular complexity index is 1180. The quantitative estimate of drug-likeness (QED) is 0.0262. The Hall–Kier alpha value is -2.89. The molecule has 0 aliphatic carbocycles. The predicted molar refractivity (Wildman–Crippen MR) is 279 cm³/mol. The first-order chi connectivity index (χ1) is 32.0. The highest BCUT2D eigenvalue weighted by atomic mass is 16.6. The van der Waals surface area contributed by atoms with E-state index in [0.717, 1.165) is 103 Å². The summed E-state index contributed by atoms with van der Waals surface area (Å²) in [6.07, 6.45) is 66.3. The summed E-state index contributed by atoms with van der Waals surface area (Å²) in [6.45, 7) is 6.51. The lowest BCUT2D eigenvalue weighted by molar-refractivity contribution is -0.167. The van der Waals surface area contributed by atoms with Crippen LogP contribution in [0.3, 0.4) is 0 Å². The highest BCUT2D eigenvalue weighted by molar-refractivity contribution is 5.71. The Morgan fingerprint density at radius 3 is 0.969 bits per heavy atom. The van der Waals surface area contributed by atoms with Gasteiger partial charge in [-0.2, -0.15) is 0 Å². The van der Waals surface area contributed by atoms with E-state index in [2.05, 4.69) is 81.5 Å². The van der Waals surface area contributed by atoms with Crippen molar-refractivity contribution in [1.82, 2.24) is 0 Å². The van der Waals surface area contributed by atoms with E-state index < -0.39 is 6.10 Å². The summed E-state index contributed by atoms with van der Waals surface area (Å²) in [4.78, 5) is 38.1. The van der Waals surface area contributed by atoms with Gasteiger partial charge in [0.1, 0.15) is 13.2 Å². The molecule has 0 radical (unpaired) electrons. The molecular formula is C59H104O6. The molecule has 0 amide bonds. The van der Waals surface area contributed by atoms with Crippen LogP contribution in [-0.4, -0.2) is 37.2 Å². The van der Waals surface area contributed by atoms with Crippen LogP contribution in [-0.2, 0) is 28.6 Å². The minimum absolute atomic E-state index is 0.0843. The van der Waals surface area contributed by atoms with Crippen molar-refractivity contribution in [2.75, 3.05) is 13.2 Å². The Morgan fingerprint density at radius 1 is 0.323 bits per heavy atom. The van der Waals surface area contributed by atoms with Crippen molar-refractivity contribution in [2.24, 2.45) is 0 Å². The van der Waals surface area contributed by atoms with Gasteiger partial charge in [0.05, 0.1) is 0 Å². The van der Waals surface area contributed by atoms with E-state index in [1.54, 1.807) is 0 Å². The van der Waals surface area contributed by atoms with Crippen molar-refractivity contribution in [3.05, 3.63) is 60.8 Å². The maximum atomic E-state index is 12.8. The van der Waals surface area contributed by atoms with Crippen LogP contribution in [0.25, 0.3) is 0 Å². The van der Waals surface area contributed by atoms with Crippen LogP contribution < -0.4 is 0 Å². The second-order valence-corrected chi connectivity index (χ2v) is 18.5. The van der Waals surface area contributed by atoms with Crippen molar-refractivity contribution in [1.29, 1.82) is 0 Å². The molecular weight excluding hydrogens is 805 g/mol. The van der Waals surface area contributed by atoms with Gasteiger partial charge in [0, 0.05) is 19.3 Å². The SMILES string of the molecule is CC/C=C\C/C=C\C/C=C\C/C=C\CCCCCCC(=O)OC[C@H](COC(=O)CCCCCCC/C=C\CCCCCC)OC(=O)CCCCCCCCCCCCCCCCCCC. The molecule has 1 atom stereocenters. The normalized spacial score (nSPS) is 12.5. The van der Waals surface area contributed by atoms with Gasteiger partial charge in [-0.3, -0.25) is 14.4 Å². The topological polar surface area (TPSA) is 78.9 Å². The fourth-order valence-electron chi connectivity index (χ4n) is 7.84. The maximum absolute atomic E-state index is 12.8. The summed E-state index contributed by atoms with van der Waals surface area (Å²) < 4.78 is 16.8. The van der Waals surface area contributed by atoms with Gasteiger partial charge in [-0.15, -0.1) is 0 Å². The summed E-state index contributed by atoms with van der Waals surface area (Å²) >= 11 is 0. The molecule has 0 N–H and O–H groups in total. The fourth-order valence-corrected chi connectivity index (χ4v) is 7.84. The minimum atomic E-state index is -0.785. The second kappa shape index (κ2) is 53.7. The van der Waals surface area contributed by atoms with Gasteiger partial charge in [0.2, 0.25) is 0 Å². The molecule has 376 valence electrons. The Kier molecular flexibility index (Phi) is 51.3. The standard InChI is InChI=1S/C59H104O6/c1-4-7-10-13-16-19-22-25-27-29-31-34-37-40-43-46-49-52-58(61)64-55-56(54-63-57(60)51-48-45-42-39-36-33-24-21-18-15-12-9-6-3)65-59(62)53-50-47-44-41-38-35-32-30-28-26-23-20-17-14-11-8-5-2/h7,10,16,19,21,24-25,27,31,34,56H,4-6,8-9,11-15,17-18,20,22-23,26,28-30,32-33,35-55H2,1-3H3/b10-7-,19-16-,24-21-,27-25-,34-31-/t56-/m0/s1. The van der Waals surface area contributed by atoms with E-state index in [0.29, 0.717) is 19.3 Å². The van der Waals surface area contributed by atoms with Crippen LogP contribution >= 0.6 is 0 Å². The largest absolute Gasteiger partial charge is 0.462 e. The average Bonchev–Trinajstić information content (AvgIpc) is 3.30. The van der Waals surface area contributed by atoms with Crippen molar-refractivity contribution in [3.63, 3.8) is 0 Å². The number of carbonyl (C=O) groups excluding carboxylic acids is 3. The Balaban J connectivity index is 4.40. The first-order valence-electron chi connectivity index (χ1n) is 27.8. The molecule has 6 nitrogen and oxygen atoms in total. The molecule has 0 aliphatic rings. The zero-order valence-corrected chi connectivity index (χ0v) is 43.0. The third kappa shape index (κ3) is 51.9. The minimum Gasteiger partial charge on any atom is -0.462 e. The Morgan fingerprint density at radius 2 is 0.600 bits per heavy atom. The third-order valence-electron chi connectivity index (χ3n) is 12.0. The lowest BCUT2D eigenvalue weighted by Gasteiger charge is -2.18. The molecule has 0 rings (SSSR count). The molecule has 0 aliphatic heterocycles. The number of unbranched alkanes of at least 4 members (excludes halogenated alkanes) is 29. The van der Waals surface area contributed by atoms with Gasteiger partial charge in [0.15, 0.2) is 6.10 Å². The molecule has 0 unspecified atom stereocenters. The van der Waals surface area contributed by atoms with E-state index in [1.807, 2.05) is 0 Å². The molecule has 0 aromatic carbocycles. The summed E-state index contributed by atoms with van der Waals surface area (Å²) in [5, 5.41) is 0. The van der Waals surface area contributed by atoms with Gasteiger partial charge in [-0.25, -0.2) is 0 Å². The number of esters is 3. The average molecular weight is 909 g/mol. The van der Waals surface area contributed by atoms with Gasteiger partial charge >= 0.3 is 17.9 Å². The highest BCUT2D eigenvalue weighted by Crippen LogP contribution is 2.16. The van der Waals surface area contributed by atoms with Crippen molar-refractivity contribution < 1.29 is 28.6 Å². The predicted octanol–water partition coefficient (Wildman–Crippen LogP) is 18.4. The second-order valence-electron chi connectivity index (χ2n) is 18.5. The first kappa shape index (κ1) is 62.1. The zero-order valence-electron chi connectivity index (χ0n) is 43.0. The molecule has 6 heteroatoms. The van der Waals surface area contributed by atoms with Crippen molar-refractivity contribution in [3.8, 4) is 0 Å².